The largest absolute Gasteiger partial charge is 0.354 e. The van der Waals surface area contributed by atoms with Crippen LogP contribution >= 0.6 is 0 Å². The van der Waals surface area contributed by atoms with E-state index in [1.54, 1.807) is 12.4 Å². The van der Waals surface area contributed by atoms with Gasteiger partial charge in [0.25, 0.3) is 0 Å². The normalized spacial score (nSPS) is 10.9. The zero-order chi connectivity index (χ0) is 17.8. The average Bonchev–Trinajstić information content (AvgIpc) is 3.30. The number of H-pyrrole nitrogens is 1. The second kappa shape index (κ2) is 7.18. The molecule has 2 N–H and O–H groups in total. The van der Waals surface area contributed by atoms with Crippen molar-refractivity contribution in [3.05, 3.63) is 66.9 Å². The van der Waals surface area contributed by atoms with Gasteiger partial charge in [0, 0.05) is 42.6 Å². The van der Waals surface area contributed by atoms with Gasteiger partial charge in [0.05, 0.1) is 0 Å². The van der Waals surface area contributed by atoms with Gasteiger partial charge in [0.1, 0.15) is 12.4 Å². The Hall–Kier alpha value is -3.48. The van der Waals surface area contributed by atoms with E-state index in [9.17, 15) is 4.79 Å². The number of hydrogen-bond acceptors (Lipinski definition) is 4. The third-order valence-electron chi connectivity index (χ3n) is 4.13. The highest BCUT2D eigenvalue weighted by Gasteiger charge is 2.08. The number of nitrogens with one attached hydrogen (secondary N) is 2. The summed E-state index contributed by atoms with van der Waals surface area (Å²) in [6.07, 6.45) is 5.95. The lowest BCUT2D eigenvalue weighted by molar-refractivity contribution is -0.121. The Bertz CT molecular complexity index is 1020. The van der Waals surface area contributed by atoms with Gasteiger partial charge in [0.2, 0.25) is 5.91 Å². The summed E-state index contributed by atoms with van der Waals surface area (Å²) in [4.78, 5) is 20.7. The molecule has 0 aliphatic rings. The maximum atomic E-state index is 12.2. The number of pyridine rings is 1. The van der Waals surface area contributed by atoms with Crippen LogP contribution < -0.4 is 5.32 Å². The number of carbonyl (C=O) groups excluding carboxylic acids is 1. The molecule has 3 aromatic heterocycles. The van der Waals surface area contributed by atoms with Crippen molar-refractivity contribution in [1.29, 1.82) is 0 Å². The number of aromatic amines is 1. The summed E-state index contributed by atoms with van der Waals surface area (Å²) >= 11 is 0. The monoisotopic (exact) mass is 346 g/mol. The van der Waals surface area contributed by atoms with Crippen LogP contribution in [0.1, 0.15) is 5.82 Å². The highest BCUT2D eigenvalue weighted by molar-refractivity contribution is 5.83. The van der Waals surface area contributed by atoms with Crippen LogP contribution in [-0.2, 0) is 17.8 Å². The molecule has 0 spiro atoms. The quantitative estimate of drug-likeness (QED) is 0.560. The zero-order valence-corrected chi connectivity index (χ0v) is 14.1. The molecule has 0 radical (unpaired) electrons. The number of nitrogens with zero attached hydrogens (tertiary/aromatic N) is 4. The van der Waals surface area contributed by atoms with E-state index < -0.39 is 0 Å². The standard InChI is InChI=1S/C19H18N6O/c26-18(13-25-11-8-14-4-1-2-6-16(14)25)21-10-7-17-22-19(24-23-17)15-5-3-9-20-12-15/h1-6,8-9,11-12H,7,10,13H2,(H,21,26)(H,22,23,24). The fourth-order valence-electron chi connectivity index (χ4n) is 2.84. The summed E-state index contributed by atoms with van der Waals surface area (Å²) in [6, 6.07) is 13.8. The van der Waals surface area contributed by atoms with Crippen LogP contribution in [0.15, 0.2) is 61.1 Å². The van der Waals surface area contributed by atoms with E-state index in [4.69, 9.17) is 0 Å². The molecular weight excluding hydrogens is 328 g/mol. The first kappa shape index (κ1) is 16.0. The van der Waals surface area contributed by atoms with Crippen molar-refractivity contribution in [3.8, 4) is 11.4 Å². The molecule has 0 saturated heterocycles. The van der Waals surface area contributed by atoms with Crippen LogP contribution in [0.4, 0.5) is 0 Å². The summed E-state index contributed by atoms with van der Waals surface area (Å²) in [6.45, 7) is 0.796. The maximum Gasteiger partial charge on any atom is 0.239 e. The van der Waals surface area contributed by atoms with E-state index in [0.717, 1.165) is 22.3 Å². The predicted molar refractivity (Wildman–Crippen MR) is 98.3 cm³/mol. The lowest BCUT2D eigenvalue weighted by Gasteiger charge is -2.06. The first-order chi connectivity index (χ1) is 12.8. The number of carbonyl (C=O) groups is 1. The number of fused-ring (bicyclic) bond motifs is 1. The molecule has 4 aromatic rings. The van der Waals surface area contributed by atoms with Crippen LogP contribution in [-0.4, -0.2) is 37.2 Å². The molecule has 0 atom stereocenters. The van der Waals surface area contributed by atoms with Gasteiger partial charge in [-0.1, -0.05) is 18.2 Å². The Morgan fingerprint density at radius 2 is 2.08 bits per heavy atom. The molecule has 4 rings (SSSR count). The minimum absolute atomic E-state index is 0.0293. The van der Waals surface area contributed by atoms with Crippen molar-refractivity contribution < 1.29 is 4.79 Å². The molecular formula is C19H18N6O. The van der Waals surface area contributed by atoms with Crippen molar-refractivity contribution in [2.24, 2.45) is 0 Å². The smallest absolute Gasteiger partial charge is 0.239 e. The number of amides is 1. The SMILES string of the molecule is O=C(Cn1ccc2ccccc21)NCCc1nc(-c2cccnc2)n[nH]1. The minimum atomic E-state index is -0.0293. The zero-order valence-electron chi connectivity index (χ0n) is 14.1. The van der Waals surface area contributed by atoms with E-state index >= 15 is 0 Å². The van der Waals surface area contributed by atoms with Gasteiger partial charge in [-0.3, -0.25) is 14.9 Å². The highest BCUT2D eigenvalue weighted by atomic mass is 16.1. The minimum Gasteiger partial charge on any atom is -0.354 e. The molecule has 0 fully saturated rings. The van der Waals surface area contributed by atoms with E-state index in [1.807, 2.05) is 53.2 Å². The summed E-state index contributed by atoms with van der Waals surface area (Å²) < 4.78 is 1.94. The first-order valence-corrected chi connectivity index (χ1v) is 8.42. The average molecular weight is 346 g/mol. The Morgan fingerprint density at radius 1 is 1.15 bits per heavy atom. The van der Waals surface area contributed by atoms with Gasteiger partial charge in [-0.25, -0.2) is 4.98 Å². The number of aromatic nitrogens is 5. The van der Waals surface area contributed by atoms with Crippen LogP contribution in [0.5, 0.6) is 0 Å². The topological polar surface area (TPSA) is 88.5 Å². The van der Waals surface area contributed by atoms with Crippen LogP contribution in [0, 0.1) is 0 Å². The van der Waals surface area contributed by atoms with Crippen LogP contribution in [0.25, 0.3) is 22.3 Å². The molecule has 3 heterocycles. The molecule has 0 unspecified atom stereocenters. The summed E-state index contributed by atoms with van der Waals surface area (Å²) in [7, 11) is 0. The Labute approximate surface area is 150 Å². The van der Waals surface area contributed by atoms with Gasteiger partial charge in [-0.15, -0.1) is 0 Å². The van der Waals surface area contributed by atoms with Crippen LogP contribution in [0.3, 0.4) is 0 Å². The molecule has 0 bridgehead atoms. The van der Waals surface area contributed by atoms with E-state index in [2.05, 4.69) is 25.5 Å². The molecule has 0 aliphatic carbocycles. The molecule has 7 nitrogen and oxygen atoms in total. The summed E-state index contributed by atoms with van der Waals surface area (Å²) in [5.74, 6) is 1.31. The van der Waals surface area contributed by atoms with Crippen molar-refractivity contribution >= 4 is 16.8 Å². The Morgan fingerprint density at radius 3 is 2.96 bits per heavy atom. The van der Waals surface area contributed by atoms with Gasteiger partial charge < -0.3 is 9.88 Å². The molecule has 1 amide bonds. The molecule has 0 aliphatic heterocycles. The first-order valence-electron chi connectivity index (χ1n) is 8.42. The molecule has 1 aromatic carbocycles. The predicted octanol–water partition coefficient (Wildman–Crippen LogP) is 2.18. The highest BCUT2D eigenvalue weighted by Crippen LogP contribution is 2.14. The van der Waals surface area contributed by atoms with Gasteiger partial charge in [-0.2, -0.15) is 5.10 Å². The van der Waals surface area contributed by atoms with Gasteiger partial charge in [-0.05, 0) is 29.7 Å². The molecule has 26 heavy (non-hydrogen) atoms. The van der Waals surface area contributed by atoms with Crippen molar-refractivity contribution in [3.63, 3.8) is 0 Å². The molecule has 0 saturated carbocycles. The Kier molecular flexibility index (Phi) is 4.42. The second-order valence-corrected chi connectivity index (χ2v) is 5.95. The summed E-state index contributed by atoms with van der Waals surface area (Å²) in [5, 5.41) is 11.1. The van der Waals surface area contributed by atoms with Crippen molar-refractivity contribution in [2.45, 2.75) is 13.0 Å². The molecule has 130 valence electrons. The lowest BCUT2D eigenvalue weighted by Crippen LogP contribution is -2.29. The van der Waals surface area contributed by atoms with E-state index in [-0.39, 0.29) is 5.91 Å². The second-order valence-electron chi connectivity index (χ2n) is 5.95. The van der Waals surface area contributed by atoms with E-state index in [0.29, 0.717) is 25.3 Å². The summed E-state index contributed by atoms with van der Waals surface area (Å²) in [5.41, 5.74) is 1.91. The van der Waals surface area contributed by atoms with E-state index in [1.165, 1.54) is 0 Å². The number of benzene rings is 1. The lowest BCUT2D eigenvalue weighted by atomic mass is 10.2. The number of rotatable bonds is 6. The third kappa shape index (κ3) is 3.46. The van der Waals surface area contributed by atoms with Crippen LogP contribution in [0.2, 0.25) is 0 Å². The van der Waals surface area contributed by atoms with Gasteiger partial charge >= 0.3 is 0 Å². The fraction of sp³-hybridized carbons (Fsp3) is 0.158. The van der Waals surface area contributed by atoms with Crippen molar-refractivity contribution in [2.75, 3.05) is 6.54 Å². The van der Waals surface area contributed by atoms with Crippen molar-refractivity contribution in [1.82, 2.24) is 30.0 Å². The number of hydrogen-bond donors (Lipinski definition) is 2. The molecule has 7 heteroatoms. The number of para-hydroxylation sites is 1. The Balaban J connectivity index is 1.31. The fourth-order valence-corrected chi connectivity index (χ4v) is 2.84. The van der Waals surface area contributed by atoms with Gasteiger partial charge in [0.15, 0.2) is 5.82 Å². The maximum absolute atomic E-state index is 12.2. The third-order valence-corrected chi connectivity index (χ3v) is 4.13.